The van der Waals surface area contributed by atoms with Gasteiger partial charge in [0.15, 0.2) is 0 Å². The highest BCUT2D eigenvalue weighted by molar-refractivity contribution is 5.27. The topological polar surface area (TPSA) is 32.7 Å². The van der Waals surface area contributed by atoms with E-state index in [4.69, 9.17) is 4.74 Å². The third-order valence-corrected chi connectivity index (χ3v) is 5.02. The van der Waals surface area contributed by atoms with Gasteiger partial charge in [-0.2, -0.15) is 0 Å². The molecule has 3 nitrogen and oxygen atoms in total. The van der Waals surface area contributed by atoms with E-state index >= 15 is 0 Å². The second-order valence-electron chi connectivity index (χ2n) is 6.69. The summed E-state index contributed by atoms with van der Waals surface area (Å²) in [7, 11) is 1.75. The van der Waals surface area contributed by atoms with Crippen LogP contribution in [0.5, 0.6) is 0 Å². The summed E-state index contributed by atoms with van der Waals surface area (Å²) in [5, 5.41) is 9.96. The minimum Gasteiger partial charge on any atom is -0.396 e. The smallest absolute Gasteiger partial charge is 0.0499 e. The molecule has 1 heterocycles. The lowest BCUT2D eigenvalue weighted by atomic mass is 9.77. The Morgan fingerprint density at radius 2 is 2.05 bits per heavy atom. The van der Waals surface area contributed by atoms with Gasteiger partial charge in [-0.1, -0.05) is 31.2 Å². The second-order valence-corrected chi connectivity index (χ2v) is 6.69. The van der Waals surface area contributed by atoms with Crippen LogP contribution in [0.4, 0.5) is 0 Å². The van der Waals surface area contributed by atoms with Crippen molar-refractivity contribution in [1.82, 2.24) is 4.90 Å². The molecule has 1 aliphatic rings. The van der Waals surface area contributed by atoms with Gasteiger partial charge in [-0.05, 0) is 49.8 Å². The molecule has 1 aromatic rings. The maximum absolute atomic E-state index is 9.96. The van der Waals surface area contributed by atoms with Crippen molar-refractivity contribution in [2.75, 3.05) is 33.4 Å². The van der Waals surface area contributed by atoms with Gasteiger partial charge in [0.25, 0.3) is 0 Å². The fourth-order valence-corrected chi connectivity index (χ4v) is 3.75. The molecule has 22 heavy (non-hydrogen) atoms. The first kappa shape index (κ1) is 17.5. The summed E-state index contributed by atoms with van der Waals surface area (Å²) in [6.07, 6.45) is 5.50. The van der Waals surface area contributed by atoms with Gasteiger partial charge in [0, 0.05) is 38.8 Å². The average Bonchev–Trinajstić information content (AvgIpc) is 2.56. The van der Waals surface area contributed by atoms with Gasteiger partial charge in [0.1, 0.15) is 0 Å². The maximum atomic E-state index is 9.96. The van der Waals surface area contributed by atoms with E-state index in [0.29, 0.717) is 6.61 Å². The van der Waals surface area contributed by atoms with Crippen LogP contribution in [0.2, 0.25) is 0 Å². The monoisotopic (exact) mass is 305 g/mol. The van der Waals surface area contributed by atoms with Crippen molar-refractivity contribution in [3.05, 3.63) is 35.4 Å². The van der Waals surface area contributed by atoms with Crippen LogP contribution in [0.3, 0.4) is 0 Å². The summed E-state index contributed by atoms with van der Waals surface area (Å²) in [6.45, 7) is 6.46. The number of likely N-dealkylation sites (tertiary alicyclic amines) is 1. The highest BCUT2D eigenvalue weighted by atomic mass is 16.5. The minimum atomic E-state index is 0.0674. The van der Waals surface area contributed by atoms with E-state index in [1.165, 1.54) is 17.5 Å². The molecule has 1 aliphatic heterocycles. The van der Waals surface area contributed by atoms with E-state index in [1.54, 1.807) is 7.11 Å². The van der Waals surface area contributed by atoms with Crippen molar-refractivity contribution in [1.29, 1.82) is 0 Å². The molecule has 1 N–H and O–H groups in total. The lowest BCUT2D eigenvalue weighted by Gasteiger charge is -2.42. The molecule has 0 bridgehead atoms. The zero-order valence-electron chi connectivity index (χ0n) is 14.2. The number of nitrogens with zero attached hydrogens (tertiary/aromatic N) is 1. The van der Waals surface area contributed by atoms with Crippen LogP contribution in [0.25, 0.3) is 0 Å². The van der Waals surface area contributed by atoms with E-state index < -0.39 is 0 Å². The van der Waals surface area contributed by atoms with E-state index in [0.717, 1.165) is 51.9 Å². The van der Waals surface area contributed by atoms with Crippen LogP contribution in [0.15, 0.2) is 24.3 Å². The number of rotatable bonds is 8. The Balaban J connectivity index is 1.99. The number of hydrogen-bond acceptors (Lipinski definition) is 3. The lowest BCUT2D eigenvalue weighted by Crippen LogP contribution is -2.45. The minimum absolute atomic E-state index is 0.0674. The maximum Gasteiger partial charge on any atom is 0.0499 e. The Morgan fingerprint density at radius 1 is 1.27 bits per heavy atom. The highest BCUT2D eigenvalue weighted by Crippen LogP contribution is 2.35. The third-order valence-electron chi connectivity index (χ3n) is 5.02. The fraction of sp³-hybridized carbons (Fsp3) is 0.684. The molecular weight excluding hydrogens is 274 g/mol. The number of aliphatic hydroxyl groups excluding tert-OH is 1. The molecule has 0 spiro atoms. The molecule has 1 saturated heterocycles. The van der Waals surface area contributed by atoms with Crippen molar-refractivity contribution < 1.29 is 9.84 Å². The molecule has 0 aromatic heterocycles. The number of ether oxygens (including phenoxy) is 1. The van der Waals surface area contributed by atoms with Crippen molar-refractivity contribution in [2.45, 2.75) is 45.6 Å². The molecule has 2 rings (SSSR count). The standard InChI is InChI=1S/C19H31NO2/c1-3-17-8-4-5-9-18(17)14-20-12-6-10-19(15-20,16-21)11-7-13-22-2/h4-5,8-9,21H,3,6-7,10-16H2,1-2H3/t19-/m0/s1. The Labute approximate surface area is 135 Å². The van der Waals surface area contributed by atoms with Crippen LogP contribution in [0.1, 0.15) is 43.7 Å². The summed E-state index contributed by atoms with van der Waals surface area (Å²) < 4.78 is 5.18. The molecule has 1 atom stereocenters. The number of aliphatic hydroxyl groups is 1. The van der Waals surface area contributed by atoms with E-state index in [1.807, 2.05) is 0 Å². The zero-order valence-corrected chi connectivity index (χ0v) is 14.2. The van der Waals surface area contributed by atoms with Crippen LogP contribution in [0, 0.1) is 5.41 Å². The van der Waals surface area contributed by atoms with Gasteiger partial charge in [-0.25, -0.2) is 0 Å². The van der Waals surface area contributed by atoms with Crippen LogP contribution in [-0.4, -0.2) is 43.4 Å². The molecule has 0 aliphatic carbocycles. The first-order valence-electron chi connectivity index (χ1n) is 8.62. The average molecular weight is 305 g/mol. The van der Waals surface area contributed by atoms with Crippen molar-refractivity contribution in [3.8, 4) is 0 Å². The van der Waals surface area contributed by atoms with E-state index in [9.17, 15) is 5.11 Å². The van der Waals surface area contributed by atoms with Gasteiger partial charge < -0.3 is 9.84 Å². The first-order chi connectivity index (χ1) is 10.7. The van der Waals surface area contributed by atoms with Gasteiger partial charge in [0.05, 0.1) is 0 Å². The van der Waals surface area contributed by atoms with Crippen LogP contribution in [-0.2, 0) is 17.7 Å². The molecule has 1 fully saturated rings. The van der Waals surface area contributed by atoms with Gasteiger partial charge in [-0.3, -0.25) is 4.90 Å². The predicted molar refractivity (Wildman–Crippen MR) is 91.0 cm³/mol. The number of benzene rings is 1. The quantitative estimate of drug-likeness (QED) is 0.748. The fourth-order valence-electron chi connectivity index (χ4n) is 3.75. The Bertz CT molecular complexity index is 449. The Morgan fingerprint density at radius 3 is 2.73 bits per heavy atom. The lowest BCUT2D eigenvalue weighted by molar-refractivity contribution is 0.0158. The second kappa shape index (κ2) is 8.66. The van der Waals surface area contributed by atoms with Crippen LogP contribution < -0.4 is 0 Å². The SMILES string of the molecule is CCc1ccccc1CN1CCC[C@](CO)(CCCOC)C1. The molecule has 0 saturated carbocycles. The summed E-state index contributed by atoms with van der Waals surface area (Å²) in [5.74, 6) is 0. The molecular formula is C19H31NO2. The van der Waals surface area contributed by atoms with Gasteiger partial charge in [-0.15, -0.1) is 0 Å². The summed E-state index contributed by atoms with van der Waals surface area (Å²) in [4.78, 5) is 2.53. The van der Waals surface area contributed by atoms with Gasteiger partial charge >= 0.3 is 0 Å². The molecule has 0 amide bonds. The Kier molecular flexibility index (Phi) is 6.87. The zero-order chi connectivity index (χ0) is 15.8. The number of piperidine rings is 1. The van der Waals surface area contributed by atoms with Crippen molar-refractivity contribution in [3.63, 3.8) is 0 Å². The Hall–Kier alpha value is -0.900. The van der Waals surface area contributed by atoms with E-state index in [-0.39, 0.29) is 5.41 Å². The summed E-state index contributed by atoms with van der Waals surface area (Å²) >= 11 is 0. The number of hydrogen-bond donors (Lipinski definition) is 1. The van der Waals surface area contributed by atoms with E-state index in [2.05, 4.69) is 36.1 Å². The van der Waals surface area contributed by atoms with Crippen molar-refractivity contribution in [2.24, 2.45) is 5.41 Å². The molecule has 0 radical (unpaired) electrons. The predicted octanol–water partition coefficient (Wildman–Crippen LogP) is 3.25. The molecule has 3 heteroatoms. The van der Waals surface area contributed by atoms with Crippen LogP contribution >= 0.6 is 0 Å². The normalized spacial score (nSPS) is 22.9. The van der Waals surface area contributed by atoms with Gasteiger partial charge in [0.2, 0.25) is 0 Å². The largest absolute Gasteiger partial charge is 0.396 e. The summed E-state index contributed by atoms with van der Waals surface area (Å²) in [5.41, 5.74) is 2.95. The highest BCUT2D eigenvalue weighted by Gasteiger charge is 2.34. The molecule has 0 unspecified atom stereocenters. The number of aryl methyl sites for hydroxylation is 1. The van der Waals surface area contributed by atoms with Crippen molar-refractivity contribution >= 4 is 0 Å². The first-order valence-corrected chi connectivity index (χ1v) is 8.62. The molecule has 1 aromatic carbocycles. The summed E-state index contributed by atoms with van der Waals surface area (Å²) in [6, 6.07) is 8.74. The molecule has 124 valence electrons. The third kappa shape index (κ3) is 4.55. The number of methoxy groups -OCH3 is 1.